The fourth-order valence-electron chi connectivity index (χ4n) is 2.49. The first-order chi connectivity index (χ1) is 8.31. The highest BCUT2D eigenvalue weighted by atomic mass is 16.5. The van der Waals surface area contributed by atoms with Gasteiger partial charge in [0.2, 0.25) is 0 Å². The molecule has 0 aliphatic carbocycles. The fourth-order valence-corrected chi connectivity index (χ4v) is 2.49. The van der Waals surface area contributed by atoms with Crippen molar-refractivity contribution in [2.45, 2.75) is 19.4 Å². The lowest BCUT2D eigenvalue weighted by Gasteiger charge is -2.35. The molecule has 0 amide bonds. The van der Waals surface area contributed by atoms with Gasteiger partial charge in [-0.05, 0) is 19.3 Å². The highest BCUT2D eigenvalue weighted by Crippen LogP contribution is 2.16. The maximum atomic E-state index is 11.8. The van der Waals surface area contributed by atoms with Crippen LogP contribution in [-0.4, -0.2) is 62.9 Å². The molecule has 0 saturated carbocycles. The number of nitrogens with one attached hydrogen (secondary N) is 1. The Morgan fingerprint density at radius 2 is 2.47 bits per heavy atom. The summed E-state index contributed by atoms with van der Waals surface area (Å²) < 4.78 is 10.5. The Bertz CT molecular complexity index is 254. The van der Waals surface area contributed by atoms with E-state index in [1.807, 2.05) is 6.92 Å². The van der Waals surface area contributed by atoms with Gasteiger partial charge in [-0.25, -0.2) is 0 Å². The van der Waals surface area contributed by atoms with Gasteiger partial charge in [-0.1, -0.05) is 0 Å². The number of piperazine rings is 1. The zero-order valence-electron chi connectivity index (χ0n) is 10.5. The molecule has 2 fully saturated rings. The predicted octanol–water partition coefficient (Wildman–Crippen LogP) is -0.140. The number of nitrogens with zero attached hydrogens (tertiary/aromatic N) is 1. The van der Waals surface area contributed by atoms with Crippen LogP contribution >= 0.6 is 0 Å². The maximum Gasteiger partial charge on any atom is 0.324 e. The molecule has 2 aliphatic heterocycles. The minimum atomic E-state index is -0.121. The van der Waals surface area contributed by atoms with E-state index < -0.39 is 0 Å². The second-order valence-corrected chi connectivity index (χ2v) is 4.70. The standard InChI is InChI=1S/C12H22N2O3/c1-2-17-12(15)11-7-13-4-5-14(11)8-10-3-6-16-9-10/h10-11,13H,2-9H2,1H3. The minimum Gasteiger partial charge on any atom is -0.465 e. The van der Waals surface area contributed by atoms with Gasteiger partial charge in [0, 0.05) is 32.8 Å². The van der Waals surface area contributed by atoms with Crippen LogP contribution in [0.3, 0.4) is 0 Å². The molecule has 0 spiro atoms. The Hall–Kier alpha value is -0.650. The van der Waals surface area contributed by atoms with E-state index in [1.54, 1.807) is 0 Å². The van der Waals surface area contributed by atoms with E-state index in [2.05, 4.69) is 10.2 Å². The Balaban J connectivity index is 1.89. The van der Waals surface area contributed by atoms with E-state index in [0.717, 1.165) is 39.3 Å². The maximum absolute atomic E-state index is 11.8. The van der Waals surface area contributed by atoms with E-state index in [0.29, 0.717) is 19.1 Å². The first kappa shape index (κ1) is 12.8. The van der Waals surface area contributed by atoms with Crippen LogP contribution in [0.1, 0.15) is 13.3 Å². The summed E-state index contributed by atoms with van der Waals surface area (Å²) in [6.45, 7) is 7.51. The first-order valence-corrected chi connectivity index (χ1v) is 6.50. The van der Waals surface area contributed by atoms with Gasteiger partial charge in [-0.15, -0.1) is 0 Å². The third-order valence-corrected chi connectivity index (χ3v) is 3.43. The second kappa shape index (κ2) is 6.33. The summed E-state index contributed by atoms with van der Waals surface area (Å²) in [7, 11) is 0. The summed E-state index contributed by atoms with van der Waals surface area (Å²) in [4.78, 5) is 14.1. The van der Waals surface area contributed by atoms with Crippen LogP contribution < -0.4 is 5.32 Å². The van der Waals surface area contributed by atoms with Crippen molar-refractivity contribution in [2.75, 3.05) is 46.0 Å². The van der Waals surface area contributed by atoms with Gasteiger partial charge in [0.15, 0.2) is 0 Å². The zero-order valence-corrected chi connectivity index (χ0v) is 10.5. The molecular weight excluding hydrogens is 220 g/mol. The van der Waals surface area contributed by atoms with Gasteiger partial charge in [0.05, 0.1) is 13.2 Å². The van der Waals surface area contributed by atoms with Crippen LogP contribution in [0, 0.1) is 5.92 Å². The van der Waals surface area contributed by atoms with Gasteiger partial charge in [-0.2, -0.15) is 0 Å². The molecule has 0 radical (unpaired) electrons. The minimum absolute atomic E-state index is 0.0985. The van der Waals surface area contributed by atoms with Gasteiger partial charge < -0.3 is 14.8 Å². The quantitative estimate of drug-likeness (QED) is 0.695. The lowest BCUT2D eigenvalue weighted by atomic mass is 10.1. The van der Waals surface area contributed by atoms with Crippen LogP contribution in [-0.2, 0) is 14.3 Å². The molecule has 2 atom stereocenters. The number of carbonyl (C=O) groups excluding carboxylic acids is 1. The van der Waals surface area contributed by atoms with Crippen molar-refractivity contribution in [3.63, 3.8) is 0 Å². The fraction of sp³-hybridized carbons (Fsp3) is 0.917. The molecule has 2 aliphatic rings. The number of ether oxygens (including phenoxy) is 2. The Labute approximate surface area is 102 Å². The highest BCUT2D eigenvalue weighted by molar-refractivity contribution is 5.76. The van der Waals surface area contributed by atoms with E-state index >= 15 is 0 Å². The van der Waals surface area contributed by atoms with Crippen molar-refractivity contribution >= 4 is 5.97 Å². The normalized spacial score (nSPS) is 30.4. The third kappa shape index (κ3) is 3.40. The summed E-state index contributed by atoms with van der Waals surface area (Å²) in [6.07, 6.45) is 1.11. The molecule has 0 aromatic rings. The lowest BCUT2D eigenvalue weighted by molar-refractivity contribution is -0.150. The van der Waals surface area contributed by atoms with Crippen molar-refractivity contribution in [2.24, 2.45) is 5.92 Å². The molecule has 2 unspecified atom stereocenters. The summed E-state index contributed by atoms with van der Waals surface area (Å²) in [5.41, 5.74) is 0. The smallest absolute Gasteiger partial charge is 0.324 e. The number of carbonyl (C=O) groups is 1. The SMILES string of the molecule is CCOC(=O)C1CNCCN1CC1CCOC1. The molecule has 2 saturated heterocycles. The van der Waals surface area contributed by atoms with E-state index in [9.17, 15) is 4.79 Å². The molecule has 5 nitrogen and oxygen atoms in total. The predicted molar refractivity (Wildman–Crippen MR) is 63.8 cm³/mol. The summed E-state index contributed by atoms with van der Waals surface area (Å²) in [5.74, 6) is 0.476. The first-order valence-electron chi connectivity index (χ1n) is 6.50. The van der Waals surface area contributed by atoms with Crippen LogP contribution in [0.4, 0.5) is 0 Å². The van der Waals surface area contributed by atoms with Crippen LogP contribution in [0.2, 0.25) is 0 Å². The van der Waals surface area contributed by atoms with Crippen molar-refractivity contribution in [3.05, 3.63) is 0 Å². The van der Waals surface area contributed by atoms with Gasteiger partial charge >= 0.3 is 5.97 Å². The van der Waals surface area contributed by atoms with Gasteiger partial charge in [0.1, 0.15) is 6.04 Å². The van der Waals surface area contributed by atoms with Crippen molar-refractivity contribution in [1.29, 1.82) is 0 Å². The largest absolute Gasteiger partial charge is 0.465 e. The summed E-state index contributed by atoms with van der Waals surface area (Å²) in [6, 6.07) is -0.121. The summed E-state index contributed by atoms with van der Waals surface area (Å²) in [5, 5.41) is 3.26. The van der Waals surface area contributed by atoms with Crippen molar-refractivity contribution < 1.29 is 14.3 Å². The van der Waals surface area contributed by atoms with Crippen molar-refractivity contribution in [3.8, 4) is 0 Å². The zero-order chi connectivity index (χ0) is 12.1. The topological polar surface area (TPSA) is 50.8 Å². The summed E-state index contributed by atoms with van der Waals surface area (Å²) >= 11 is 0. The third-order valence-electron chi connectivity index (χ3n) is 3.43. The monoisotopic (exact) mass is 242 g/mol. The molecule has 2 rings (SSSR count). The van der Waals surface area contributed by atoms with Crippen LogP contribution in [0.5, 0.6) is 0 Å². The number of hydrogen-bond donors (Lipinski definition) is 1. The Morgan fingerprint density at radius 1 is 1.59 bits per heavy atom. The van der Waals surface area contributed by atoms with Crippen LogP contribution in [0.25, 0.3) is 0 Å². The molecule has 0 bridgehead atoms. The molecule has 2 heterocycles. The average Bonchev–Trinajstić information content (AvgIpc) is 2.83. The lowest BCUT2D eigenvalue weighted by Crippen LogP contribution is -2.56. The molecule has 5 heteroatoms. The highest BCUT2D eigenvalue weighted by Gasteiger charge is 2.31. The molecule has 1 N–H and O–H groups in total. The van der Waals surface area contributed by atoms with Gasteiger partial charge in [-0.3, -0.25) is 9.69 Å². The van der Waals surface area contributed by atoms with Gasteiger partial charge in [0.25, 0.3) is 0 Å². The van der Waals surface area contributed by atoms with E-state index in [4.69, 9.17) is 9.47 Å². The Morgan fingerprint density at radius 3 is 3.18 bits per heavy atom. The number of rotatable bonds is 4. The second-order valence-electron chi connectivity index (χ2n) is 4.70. The average molecular weight is 242 g/mol. The molecule has 17 heavy (non-hydrogen) atoms. The molecular formula is C12H22N2O3. The van der Waals surface area contributed by atoms with Crippen LogP contribution in [0.15, 0.2) is 0 Å². The van der Waals surface area contributed by atoms with E-state index in [-0.39, 0.29) is 12.0 Å². The molecule has 98 valence electrons. The number of esters is 1. The molecule has 0 aromatic heterocycles. The molecule has 0 aromatic carbocycles. The number of hydrogen-bond acceptors (Lipinski definition) is 5. The Kier molecular flexibility index (Phi) is 4.76. The van der Waals surface area contributed by atoms with Crippen molar-refractivity contribution in [1.82, 2.24) is 10.2 Å². The van der Waals surface area contributed by atoms with E-state index in [1.165, 1.54) is 0 Å².